The number of fused-ring (bicyclic) bond motifs is 1. The Labute approximate surface area is 125 Å². The number of nitrogens with zero attached hydrogens (tertiary/aromatic N) is 2. The van der Waals surface area contributed by atoms with Gasteiger partial charge in [0.1, 0.15) is 5.70 Å². The molecule has 0 unspecified atom stereocenters. The van der Waals surface area contributed by atoms with E-state index in [0.717, 1.165) is 24.9 Å². The topological polar surface area (TPSA) is 49.7 Å². The standard InChI is InChI=1S/C17H20N2O2/c20-17(12-19-10-14-5-3-6-15(14)11-19)13-4-1-2-7-16(18-21)9-8-13/h7-9,13-15H,2-3,5-6,10-12H2/t13-,14-,15+/m1/s1. The maximum atomic E-state index is 12.4. The van der Waals surface area contributed by atoms with Gasteiger partial charge in [0.15, 0.2) is 5.78 Å². The highest BCUT2D eigenvalue weighted by Gasteiger charge is 2.36. The average Bonchev–Trinajstić information content (AvgIpc) is 2.99. The van der Waals surface area contributed by atoms with Gasteiger partial charge in [-0.25, -0.2) is 0 Å². The van der Waals surface area contributed by atoms with Crippen molar-refractivity contribution in [1.82, 2.24) is 4.90 Å². The fourth-order valence-corrected chi connectivity index (χ4v) is 3.67. The van der Waals surface area contributed by atoms with Gasteiger partial charge in [0, 0.05) is 19.5 Å². The Morgan fingerprint density at radius 1 is 1.33 bits per heavy atom. The number of likely N-dealkylation sites (tertiary alicyclic amines) is 1. The zero-order valence-corrected chi connectivity index (χ0v) is 12.1. The van der Waals surface area contributed by atoms with E-state index in [1.807, 2.05) is 0 Å². The second kappa shape index (κ2) is 6.36. The predicted octanol–water partition coefficient (Wildman–Crippen LogP) is 2.52. The van der Waals surface area contributed by atoms with Gasteiger partial charge in [-0.2, -0.15) is 0 Å². The Morgan fingerprint density at radius 3 is 2.81 bits per heavy atom. The van der Waals surface area contributed by atoms with Crippen LogP contribution >= 0.6 is 0 Å². The van der Waals surface area contributed by atoms with E-state index in [4.69, 9.17) is 0 Å². The summed E-state index contributed by atoms with van der Waals surface area (Å²) >= 11 is 0. The summed E-state index contributed by atoms with van der Waals surface area (Å²) in [5.74, 6) is 7.24. The van der Waals surface area contributed by atoms with Gasteiger partial charge in [0.05, 0.1) is 12.5 Å². The molecule has 0 amide bonds. The summed E-state index contributed by atoms with van der Waals surface area (Å²) in [6.45, 7) is 2.59. The first-order valence-corrected chi connectivity index (χ1v) is 7.71. The molecule has 2 aliphatic carbocycles. The van der Waals surface area contributed by atoms with E-state index in [9.17, 15) is 9.70 Å². The molecule has 0 bridgehead atoms. The number of Topliss-reactive ketones (excluding diaryl/α,β-unsaturated/α-hetero) is 1. The quantitative estimate of drug-likeness (QED) is 0.589. The lowest BCUT2D eigenvalue weighted by Crippen LogP contribution is -2.31. The van der Waals surface area contributed by atoms with Crippen molar-refractivity contribution in [2.75, 3.05) is 19.6 Å². The van der Waals surface area contributed by atoms with Crippen LogP contribution in [0.15, 0.2) is 29.1 Å². The molecule has 2 fully saturated rings. The number of rotatable bonds is 4. The number of hydrogen-bond acceptors (Lipinski definition) is 4. The van der Waals surface area contributed by atoms with Crippen molar-refractivity contribution in [1.29, 1.82) is 0 Å². The van der Waals surface area contributed by atoms with Gasteiger partial charge in [-0.3, -0.25) is 9.69 Å². The third-order valence-electron chi connectivity index (χ3n) is 4.76. The predicted molar refractivity (Wildman–Crippen MR) is 81.2 cm³/mol. The normalized spacial score (nSPS) is 31.6. The highest BCUT2D eigenvalue weighted by Crippen LogP contribution is 2.37. The van der Waals surface area contributed by atoms with Crippen LogP contribution < -0.4 is 0 Å². The fourth-order valence-electron chi connectivity index (χ4n) is 3.67. The van der Waals surface area contributed by atoms with E-state index >= 15 is 0 Å². The van der Waals surface area contributed by atoms with Crippen LogP contribution in [0, 0.1) is 34.5 Å². The molecule has 21 heavy (non-hydrogen) atoms. The number of ketones is 1. The largest absolute Gasteiger partial charge is 0.296 e. The number of allylic oxidation sites excluding steroid dienone is 3. The summed E-state index contributed by atoms with van der Waals surface area (Å²) in [7, 11) is 0. The number of nitroso groups, excluding NO2 is 1. The smallest absolute Gasteiger partial charge is 0.165 e. The Hall–Kier alpha value is -1.73. The SMILES string of the molecule is O=NC1=CCC#C[C@@H](C(=O)CN2C[C@H]3CCC[C@H]3C2)C=C1. The summed E-state index contributed by atoms with van der Waals surface area (Å²) in [4.78, 5) is 25.3. The second-order valence-corrected chi connectivity index (χ2v) is 6.19. The van der Waals surface area contributed by atoms with E-state index < -0.39 is 5.92 Å². The van der Waals surface area contributed by atoms with Gasteiger partial charge in [-0.05, 0) is 42.0 Å². The highest BCUT2D eigenvalue weighted by atomic mass is 16.3. The molecule has 3 atom stereocenters. The molecule has 1 aliphatic heterocycles. The fraction of sp³-hybridized carbons (Fsp3) is 0.588. The first-order chi connectivity index (χ1) is 10.3. The maximum absolute atomic E-state index is 12.4. The van der Waals surface area contributed by atoms with Crippen LogP contribution in [-0.4, -0.2) is 30.3 Å². The highest BCUT2D eigenvalue weighted by molar-refractivity contribution is 5.87. The monoisotopic (exact) mass is 284 g/mol. The molecule has 1 heterocycles. The molecule has 4 nitrogen and oxygen atoms in total. The van der Waals surface area contributed by atoms with Crippen LogP contribution in [0.1, 0.15) is 25.7 Å². The lowest BCUT2D eigenvalue weighted by Gasteiger charge is -2.17. The Balaban J connectivity index is 1.60. The van der Waals surface area contributed by atoms with Crippen molar-refractivity contribution in [3.63, 3.8) is 0 Å². The van der Waals surface area contributed by atoms with Crippen molar-refractivity contribution < 1.29 is 4.79 Å². The minimum atomic E-state index is -0.407. The van der Waals surface area contributed by atoms with Crippen LogP contribution in [-0.2, 0) is 4.79 Å². The maximum Gasteiger partial charge on any atom is 0.165 e. The number of carbonyl (C=O) groups excluding carboxylic acids is 1. The molecular weight excluding hydrogens is 264 g/mol. The van der Waals surface area contributed by atoms with Gasteiger partial charge in [-0.1, -0.05) is 24.3 Å². The lowest BCUT2D eigenvalue weighted by molar-refractivity contribution is -0.121. The molecule has 3 rings (SSSR count). The van der Waals surface area contributed by atoms with Gasteiger partial charge in [0.2, 0.25) is 0 Å². The summed E-state index contributed by atoms with van der Waals surface area (Å²) in [5, 5.41) is 2.92. The molecule has 1 saturated heterocycles. The van der Waals surface area contributed by atoms with E-state index in [0.29, 0.717) is 18.7 Å². The van der Waals surface area contributed by atoms with Crippen molar-refractivity contribution in [2.45, 2.75) is 25.7 Å². The van der Waals surface area contributed by atoms with Crippen LogP contribution in [0.25, 0.3) is 0 Å². The zero-order valence-electron chi connectivity index (χ0n) is 12.1. The molecule has 0 radical (unpaired) electrons. The number of carbonyl (C=O) groups is 1. The number of hydrogen-bond donors (Lipinski definition) is 0. The first kappa shape index (κ1) is 14.2. The molecule has 3 aliphatic rings. The summed E-state index contributed by atoms with van der Waals surface area (Å²) < 4.78 is 0. The molecule has 0 aromatic carbocycles. The summed E-state index contributed by atoms with van der Waals surface area (Å²) in [5.41, 5.74) is 0.359. The average molecular weight is 284 g/mol. The van der Waals surface area contributed by atoms with Gasteiger partial charge in [-0.15, -0.1) is 4.91 Å². The Bertz CT molecular complexity index is 541. The Morgan fingerprint density at radius 2 is 2.10 bits per heavy atom. The molecular formula is C17H20N2O2. The molecule has 0 aromatic rings. The van der Waals surface area contributed by atoms with Crippen LogP contribution in [0.3, 0.4) is 0 Å². The molecule has 4 heteroatoms. The molecule has 0 spiro atoms. The van der Waals surface area contributed by atoms with Crippen molar-refractivity contribution in [3.8, 4) is 11.8 Å². The second-order valence-electron chi connectivity index (χ2n) is 6.19. The van der Waals surface area contributed by atoms with Crippen molar-refractivity contribution in [2.24, 2.45) is 22.9 Å². The van der Waals surface area contributed by atoms with Crippen molar-refractivity contribution >= 4 is 5.78 Å². The molecule has 1 saturated carbocycles. The summed E-state index contributed by atoms with van der Waals surface area (Å²) in [6, 6.07) is 0. The van der Waals surface area contributed by atoms with Gasteiger partial charge in [0.25, 0.3) is 0 Å². The Kier molecular flexibility index (Phi) is 4.31. The van der Waals surface area contributed by atoms with E-state index in [1.165, 1.54) is 19.3 Å². The van der Waals surface area contributed by atoms with E-state index in [-0.39, 0.29) is 5.78 Å². The molecule has 0 aromatic heterocycles. The summed E-state index contributed by atoms with van der Waals surface area (Å²) in [6.07, 6.45) is 9.46. The first-order valence-electron chi connectivity index (χ1n) is 7.71. The van der Waals surface area contributed by atoms with Gasteiger partial charge < -0.3 is 0 Å². The van der Waals surface area contributed by atoms with E-state index in [2.05, 4.69) is 21.9 Å². The molecule has 0 N–H and O–H groups in total. The van der Waals surface area contributed by atoms with Crippen LogP contribution in [0.5, 0.6) is 0 Å². The zero-order chi connectivity index (χ0) is 14.7. The molecule has 110 valence electrons. The minimum Gasteiger partial charge on any atom is -0.296 e. The van der Waals surface area contributed by atoms with E-state index in [1.54, 1.807) is 18.2 Å². The third kappa shape index (κ3) is 3.30. The third-order valence-corrected chi connectivity index (χ3v) is 4.76. The van der Waals surface area contributed by atoms with Crippen LogP contribution in [0.2, 0.25) is 0 Å². The lowest BCUT2D eigenvalue weighted by atomic mass is 10.0. The van der Waals surface area contributed by atoms with Gasteiger partial charge >= 0.3 is 0 Å². The van der Waals surface area contributed by atoms with Crippen molar-refractivity contribution in [3.05, 3.63) is 28.8 Å². The minimum absolute atomic E-state index is 0.130. The van der Waals surface area contributed by atoms with Crippen LogP contribution in [0.4, 0.5) is 0 Å².